The summed E-state index contributed by atoms with van der Waals surface area (Å²) in [5, 5.41) is 10.6. The molecule has 0 radical (unpaired) electrons. The van der Waals surface area contributed by atoms with Crippen molar-refractivity contribution in [2.75, 3.05) is 31.9 Å². The minimum absolute atomic E-state index is 0.135. The van der Waals surface area contributed by atoms with Crippen molar-refractivity contribution in [1.82, 2.24) is 10.2 Å². The van der Waals surface area contributed by atoms with Gasteiger partial charge in [0.05, 0.1) is 20.0 Å². The van der Waals surface area contributed by atoms with Gasteiger partial charge in [-0.1, -0.05) is 35.2 Å². The van der Waals surface area contributed by atoms with Crippen LogP contribution in [0.5, 0.6) is 11.5 Å². The summed E-state index contributed by atoms with van der Waals surface area (Å²) < 4.78 is 15.6. The van der Waals surface area contributed by atoms with E-state index in [-0.39, 0.29) is 24.2 Å². The Morgan fingerprint density at radius 3 is 2.67 bits per heavy atom. The molecule has 2 aromatic rings. The van der Waals surface area contributed by atoms with Crippen molar-refractivity contribution in [3.8, 4) is 11.5 Å². The highest BCUT2D eigenvalue weighted by atomic mass is 32.2. The van der Waals surface area contributed by atoms with E-state index in [1.807, 2.05) is 0 Å². The number of ether oxygens (including phenoxy) is 3. The van der Waals surface area contributed by atoms with Crippen LogP contribution in [0.2, 0.25) is 0 Å². The van der Waals surface area contributed by atoms with Crippen molar-refractivity contribution in [3.63, 3.8) is 0 Å². The third kappa shape index (κ3) is 5.39. The van der Waals surface area contributed by atoms with Gasteiger partial charge in [0.15, 0.2) is 22.4 Å². The molecular weight excluding hydrogens is 354 g/mol. The minimum Gasteiger partial charge on any atom is -0.493 e. The highest BCUT2D eigenvalue weighted by Gasteiger charge is 2.12. The molecule has 10 heteroatoms. The van der Waals surface area contributed by atoms with Gasteiger partial charge >= 0.3 is 5.97 Å². The van der Waals surface area contributed by atoms with E-state index in [4.69, 9.17) is 9.47 Å². The maximum atomic E-state index is 11.9. The summed E-state index contributed by atoms with van der Waals surface area (Å²) in [4.78, 5) is 22.9. The summed E-state index contributed by atoms with van der Waals surface area (Å²) in [6.07, 6.45) is 0. The summed E-state index contributed by atoms with van der Waals surface area (Å²) >= 11 is 2.35. The standard InChI is InChI=1S/C14H15N3O5S2/c1-20-9-5-3-4-6-10(9)22-7-11(18)15-13-16-17-14(24-13)23-8-12(19)21-2/h3-6H,7-8H2,1-2H3,(H,15,16,18). The monoisotopic (exact) mass is 369 g/mol. The second-order valence-electron chi connectivity index (χ2n) is 4.23. The molecule has 0 saturated carbocycles. The average molecular weight is 369 g/mol. The molecule has 0 bridgehead atoms. The molecule has 24 heavy (non-hydrogen) atoms. The molecule has 1 N–H and O–H groups in total. The van der Waals surface area contributed by atoms with Gasteiger partial charge in [-0.25, -0.2) is 0 Å². The van der Waals surface area contributed by atoms with Crippen LogP contribution in [-0.4, -0.2) is 48.7 Å². The Bertz CT molecular complexity index is 707. The van der Waals surface area contributed by atoms with Gasteiger partial charge in [0.2, 0.25) is 5.13 Å². The number of aromatic nitrogens is 2. The number of nitrogens with one attached hydrogen (secondary N) is 1. The first-order chi connectivity index (χ1) is 11.6. The SMILES string of the molecule is COC(=O)CSc1nnc(NC(=O)COc2ccccc2OC)s1. The highest BCUT2D eigenvalue weighted by molar-refractivity contribution is 8.01. The number of nitrogens with zero attached hydrogens (tertiary/aromatic N) is 2. The number of hydrogen-bond acceptors (Lipinski definition) is 9. The van der Waals surface area contributed by atoms with E-state index in [9.17, 15) is 9.59 Å². The maximum Gasteiger partial charge on any atom is 0.316 e. The summed E-state index contributed by atoms with van der Waals surface area (Å²) in [6, 6.07) is 7.03. The number of carbonyl (C=O) groups excluding carboxylic acids is 2. The van der Waals surface area contributed by atoms with E-state index in [2.05, 4.69) is 20.3 Å². The number of hydrogen-bond donors (Lipinski definition) is 1. The van der Waals surface area contributed by atoms with Crippen molar-refractivity contribution in [2.24, 2.45) is 0 Å². The molecule has 0 saturated heterocycles. The van der Waals surface area contributed by atoms with Gasteiger partial charge in [0.25, 0.3) is 5.91 Å². The third-order valence-corrected chi connectivity index (χ3v) is 4.57. The fourth-order valence-electron chi connectivity index (χ4n) is 1.53. The molecule has 2 rings (SSSR count). The molecule has 0 aliphatic rings. The van der Waals surface area contributed by atoms with Crippen LogP contribution < -0.4 is 14.8 Å². The summed E-state index contributed by atoms with van der Waals surface area (Å²) in [5.74, 6) is 0.424. The molecule has 0 unspecified atom stereocenters. The number of rotatable bonds is 8. The van der Waals surface area contributed by atoms with Crippen molar-refractivity contribution in [2.45, 2.75) is 4.34 Å². The van der Waals surface area contributed by atoms with Gasteiger partial charge in [-0.15, -0.1) is 10.2 Å². The molecule has 0 aliphatic carbocycles. The lowest BCUT2D eigenvalue weighted by molar-refractivity contribution is -0.137. The minimum atomic E-state index is -0.374. The number of carbonyl (C=O) groups is 2. The Labute approximate surface area is 146 Å². The van der Waals surface area contributed by atoms with Gasteiger partial charge in [0, 0.05) is 0 Å². The topological polar surface area (TPSA) is 99.6 Å². The van der Waals surface area contributed by atoms with E-state index in [0.717, 1.165) is 11.3 Å². The second-order valence-corrected chi connectivity index (χ2v) is 6.43. The Morgan fingerprint density at radius 2 is 1.96 bits per heavy atom. The van der Waals surface area contributed by atoms with Gasteiger partial charge in [-0.05, 0) is 12.1 Å². The molecule has 0 aliphatic heterocycles. The van der Waals surface area contributed by atoms with Crippen LogP contribution in [0.1, 0.15) is 0 Å². The van der Waals surface area contributed by atoms with E-state index in [1.165, 1.54) is 26.0 Å². The number of anilines is 1. The highest BCUT2D eigenvalue weighted by Crippen LogP contribution is 2.27. The largest absolute Gasteiger partial charge is 0.493 e. The van der Waals surface area contributed by atoms with Gasteiger partial charge in [-0.2, -0.15) is 0 Å². The zero-order chi connectivity index (χ0) is 17.4. The van der Waals surface area contributed by atoms with Gasteiger partial charge < -0.3 is 14.2 Å². The van der Waals surface area contributed by atoms with E-state index in [1.54, 1.807) is 24.3 Å². The van der Waals surface area contributed by atoms with Crippen LogP contribution in [0.15, 0.2) is 28.6 Å². The number of esters is 1. The van der Waals surface area contributed by atoms with Crippen LogP contribution in [0.25, 0.3) is 0 Å². The smallest absolute Gasteiger partial charge is 0.316 e. The summed E-state index contributed by atoms with van der Waals surface area (Å²) in [5.41, 5.74) is 0. The first-order valence-electron chi connectivity index (χ1n) is 6.71. The van der Waals surface area contributed by atoms with Gasteiger partial charge in [-0.3, -0.25) is 14.9 Å². The normalized spacial score (nSPS) is 10.1. The predicted molar refractivity (Wildman–Crippen MR) is 89.8 cm³/mol. The van der Waals surface area contributed by atoms with E-state index in [0.29, 0.717) is 21.0 Å². The molecule has 1 amide bonds. The zero-order valence-corrected chi connectivity index (χ0v) is 14.6. The molecule has 8 nitrogen and oxygen atoms in total. The molecular formula is C14H15N3O5S2. The fraction of sp³-hybridized carbons (Fsp3) is 0.286. The lowest BCUT2D eigenvalue weighted by Gasteiger charge is -2.09. The number of thioether (sulfide) groups is 1. The molecule has 0 fully saturated rings. The molecule has 0 atom stereocenters. The lowest BCUT2D eigenvalue weighted by atomic mass is 10.3. The van der Waals surface area contributed by atoms with Crippen LogP contribution in [0, 0.1) is 0 Å². The van der Waals surface area contributed by atoms with Crippen LogP contribution in [0.3, 0.4) is 0 Å². The Kier molecular flexibility index (Phi) is 6.82. The van der Waals surface area contributed by atoms with Gasteiger partial charge in [0.1, 0.15) is 0 Å². The summed E-state index contributed by atoms with van der Waals surface area (Å²) in [7, 11) is 2.84. The first kappa shape index (κ1) is 18.0. The summed E-state index contributed by atoms with van der Waals surface area (Å²) in [6.45, 7) is -0.190. The van der Waals surface area contributed by atoms with Crippen molar-refractivity contribution >= 4 is 40.1 Å². The van der Waals surface area contributed by atoms with Crippen LogP contribution >= 0.6 is 23.1 Å². The Hall–Kier alpha value is -2.33. The maximum absolute atomic E-state index is 11.9. The molecule has 1 aromatic heterocycles. The van der Waals surface area contributed by atoms with Crippen LogP contribution in [0.4, 0.5) is 5.13 Å². The molecule has 1 heterocycles. The lowest BCUT2D eigenvalue weighted by Crippen LogP contribution is -2.20. The first-order valence-corrected chi connectivity index (χ1v) is 8.51. The quantitative estimate of drug-likeness (QED) is 0.427. The third-order valence-electron chi connectivity index (χ3n) is 2.62. The number of para-hydroxylation sites is 2. The zero-order valence-electron chi connectivity index (χ0n) is 13.0. The second kappa shape index (κ2) is 9.08. The molecule has 128 valence electrons. The van der Waals surface area contributed by atoms with Crippen molar-refractivity contribution < 1.29 is 23.8 Å². The van der Waals surface area contributed by atoms with Crippen LogP contribution in [-0.2, 0) is 14.3 Å². The van der Waals surface area contributed by atoms with Crippen molar-refractivity contribution in [3.05, 3.63) is 24.3 Å². The fourth-order valence-corrected chi connectivity index (χ4v) is 3.14. The number of benzene rings is 1. The average Bonchev–Trinajstić information content (AvgIpc) is 3.05. The number of methoxy groups -OCH3 is 2. The van der Waals surface area contributed by atoms with E-state index >= 15 is 0 Å². The Morgan fingerprint density at radius 1 is 1.21 bits per heavy atom. The predicted octanol–water partition coefficient (Wildman–Crippen LogP) is 1.83. The molecule has 1 aromatic carbocycles. The number of amides is 1. The van der Waals surface area contributed by atoms with Crippen molar-refractivity contribution in [1.29, 1.82) is 0 Å². The Balaban J connectivity index is 1.82. The van der Waals surface area contributed by atoms with E-state index < -0.39 is 0 Å². The molecule has 0 spiro atoms.